The third-order valence-corrected chi connectivity index (χ3v) is 4.10. The number of anilines is 4. The van der Waals surface area contributed by atoms with Crippen LogP contribution in [0.15, 0.2) is 78.9 Å². The number of carbonyl (C=O) groups excluding carboxylic acids is 3. The molecular formula is C23H22N4O3. The molecule has 0 bridgehead atoms. The summed E-state index contributed by atoms with van der Waals surface area (Å²) in [4.78, 5) is 35.5. The van der Waals surface area contributed by atoms with Crippen LogP contribution >= 0.6 is 0 Å². The topological polar surface area (TPSA) is 99.3 Å². The fraction of sp³-hybridized carbons (Fsp3) is 0.0870. The molecule has 3 aromatic rings. The molecule has 7 heteroatoms. The van der Waals surface area contributed by atoms with Gasteiger partial charge >= 0.3 is 0 Å². The highest BCUT2D eigenvalue weighted by Crippen LogP contribution is 2.17. The molecule has 3 rings (SSSR count). The molecule has 0 aliphatic carbocycles. The van der Waals surface area contributed by atoms with Crippen LogP contribution in [0.3, 0.4) is 0 Å². The molecule has 0 spiro atoms. The monoisotopic (exact) mass is 402 g/mol. The largest absolute Gasteiger partial charge is 0.376 e. The van der Waals surface area contributed by atoms with Crippen molar-refractivity contribution in [3.8, 4) is 0 Å². The molecule has 4 N–H and O–H groups in total. The fourth-order valence-electron chi connectivity index (χ4n) is 2.73. The van der Waals surface area contributed by atoms with Crippen molar-refractivity contribution < 1.29 is 14.4 Å². The lowest BCUT2D eigenvalue weighted by atomic mass is 10.2. The molecule has 0 fully saturated rings. The summed E-state index contributed by atoms with van der Waals surface area (Å²) in [7, 11) is 0. The quantitative estimate of drug-likeness (QED) is 0.481. The van der Waals surface area contributed by atoms with E-state index in [0.29, 0.717) is 22.6 Å². The first-order chi connectivity index (χ1) is 14.5. The number of nitrogens with one attached hydrogen (secondary N) is 4. The van der Waals surface area contributed by atoms with E-state index in [9.17, 15) is 14.4 Å². The average molecular weight is 402 g/mol. The molecule has 0 saturated heterocycles. The summed E-state index contributed by atoms with van der Waals surface area (Å²) in [6.45, 7) is 1.51. The standard InChI is InChI=1S/C23H22N4O3/c1-16(28)25-19-12-10-18(11-13-19)24-15-22(29)26-20-8-5-9-21(14-20)27-23(30)17-6-3-2-4-7-17/h2-14,24H,15H2,1H3,(H,25,28)(H,26,29)(H,27,30). The SMILES string of the molecule is CC(=O)Nc1ccc(NCC(=O)Nc2cccc(NC(=O)c3ccccc3)c2)cc1. The molecule has 0 aliphatic heterocycles. The van der Waals surface area contributed by atoms with E-state index in [0.717, 1.165) is 5.69 Å². The molecule has 0 radical (unpaired) electrons. The summed E-state index contributed by atoms with van der Waals surface area (Å²) >= 11 is 0. The van der Waals surface area contributed by atoms with E-state index in [2.05, 4.69) is 21.3 Å². The van der Waals surface area contributed by atoms with Crippen LogP contribution < -0.4 is 21.3 Å². The predicted octanol–water partition coefficient (Wildman–Crippen LogP) is 3.95. The van der Waals surface area contributed by atoms with Crippen LogP contribution in [-0.4, -0.2) is 24.3 Å². The second-order valence-electron chi connectivity index (χ2n) is 6.56. The summed E-state index contributed by atoms with van der Waals surface area (Å²) in [5, 5.41) is 11.3. The Morgan fingerprint density at radius 3 is 1.97 bits per heavy atom. The zero-order chi connectivity index (χ0) is 21.3. The number of hydrogen-bond acceptors (Lipinski definition) is 4. The van der Waals surface area contributed by atoms with Gasteiger partial charge < -0.3 is 21.3 Å². The number of hydrogen-bond donors (Lipinski definition) is 4. The van der Waals surface area contributed by atoms with Crippen LogP contribution in [0.2, 0.25) is 0 Å². The third kappa shape index (κ3) is 6.20. The first-order valence-electron chi connectivity index (χ1n) is 9.37. The molecular weight excluding hydrogens is 380 g/mol. The highest BCUT2D eigenvalue weighted by atomic mass is 16.2. The minimum absolute atomic E-state index is 0.0695. The highest BCUT2D eigenvalue weighted by molar-refractivity contribution is 6.04. The maximum atomic E-state index is 12.3. The van der Waals surface area contributed by atoms with Crippen LogP contribution in [0.25, 0.3) is 0 Å². The molecule has 7 nitrogen and oxygen atoms in total. The van der Waals surface area contributed by atoms with E-state index in [4.69, 9.17) is 0 Å². The smallest absolute Gasteiger partial charge is 0.255 e. The minimum Gasteiger partial charge on any atom is -0.376 e. The van der Waals surface area contributed by atoms with Crippen LogP contribution in [0, 0.1) is 0 Å². The first-order valence-corrected chi connectivity index (χ1v) is 9.37. The van der Waals surface area contributed by atoms with Crippen molar-refractivity contribution in [1.82, 2.24) is 0 Å². The van der Waals surface area contributed by atoms with E-state index in [1.165, 1.54) is 6.92 Å². The van der Waals surface area contributed by atoms with Gasteiger partial charge in [-0.2, -0.15) is 0 Å². The zero-order valence-electron chi connectivity index (χ0n) is 16.4. The van der Waals surface area contributed by atoms with Gasteiger partial charge in [0.25, 0.3) is 5.91 Å². The van der Waals surface area contributed by atoms with Crippen molar-refractivity contribution in [3.63, 3.8) is 0 Å². The van der Waals surface area contributed by atoms with Crippen LogP contribution in [0.1, 0.15) is 17.3 Å². The van der Waals surface area contributed by atoms with Crippen LogP contribution in [-0.2, 0) is 9.59 Å². The summed E-state index contributed by atoms with van der Waals surface area (Å²) in [6, 6.07) is 22.9. The van der Waals surface area contributed by atoms with E-state index in [1.54, 1.807) is 72.8 Å². The Balaban J connectivity index is 1.52. The van der Waals surface area contributed by atoms with Gasteiger partial charge in [-0.1, -0.05) is 24.3 Å². The van der Waals surface area contributed by atoms with Gasteiger partial charge in [-0.25, -0.2) is 0 Å². The van der Waals surface area contributed by atoms with Crippen molar-refractivity contribution in [2.24, 2.45) is 0 Å². The molecule has 0 heterocycles. The molecule has 0 aromatic heterocycles. The second-order valence-corrected chi connectivity index (χ2v) is 6.56. The molecule has 0 aliphatic rings. The van der Waals surface area contributed by atoms with Gasteiger partial charge in [0.1, 0.15) is 0 Å². The van der Waals surface area contributed by atoms with Crippen molar-refractivity contribution in [2.75, 3.05) is 27.8 Å². The summed E-state index contributed by atoms with van der Waals surface area (Å²) in [5.41, 5.74) is 3.16. The lowest BCUT2D eigenvalue weighted by molar-refractivity contribution is -0.115. The van der Waals surface area contributed by atoms with E-state index >= 15 is 0 Å². The highest BCUT2D eigenvalue weighted by Gasteiger charge is 2.07. The molecule has 3 aromatic carbocycles. The van der Waals surface area contributed by atoms with Gasteiger partial charge in [0.15, 0.2) is 0 Å². The van der Waals surface area contributed by atoms with E-state index in [1.807, 2.05) is 6.07 Å². The van der Waals surface area contributed by atoms with Crippen LogP contribution in [0.4, 0.5) is 22.7 Å². The average Bonchev–Trinajstić information content (AvgIpc) is 2.74. The first kappa shape index (κ1) is 20.6. The second kappa shape index (κ2) is 9.88. The maximum Gasteiger partial charge on any atom is 0.255 e. The van der Waals surface area contributed by atoms with Gasteiger partial charge in [0.05, 0.1) is 6.54 Å². The van der Waals surface area contributed by atoms with E-state index in [-0.39, 0.29) is 24.3 Å². The van der Waals surface area contributed by atoms with Gasteiger partial charge in [-0.3, -0.25) is 14.4 Å². The number of carbonyl (C=O) groups is 3. The number of rotatable bonds is 7. The fourth-order valence-corrected chi connectivity index (χ4v) is 2.73. The van der Waals surface area contributed by atoms with Gasteiger partial charge in [0.2, 0.25) is 11.8 Å². The Morgan fingerprint density at radius 2 is 1.30 bits per heavy atom. The molecule has 30 heavy (non-hydrogen) atoms. The maximum absolute atomic E-state index is 12.3. The molecule has 0 atom stereocenters. The summed E-state index contributed by atoms with van der Waals surface area (Å²) in [6.07, 6.45) is 0. The number of benzene rings is 3. The number of amides is 3. The van der Waals surface area contributed by atoms with Crippen LogP contribution in [0.5, 0.6) is 0 Å². The van der Waals surface area contributed by atoms with Crippen molar-refractivity contribution >= 4 is 40.5 Å². The Labute approximate surface area is 174 Å². The van der Waals surface area contributed by atoms with Crippen molar-refractivity contribution in [1.29, 1.82) is 0 Å². The molecule has 3 amide bonds. The Morgan fingerprint density at radius 1 is 0.667 bits per heavy atom. The predicted molar refractivity (Wildman–Crippen MR) is 119 cm³/mol. The van der Waals surface area contributed by atoms with Gasteiger partial charge in [-0.05, 0) is 54.6 Å². The minimum atomic E-state index is -0.229. The Kier molecular flexibility index (Phi) is 6.78. The van der Waals surface area contributed by atoms with Crippen molar-refractivity contribution in [2.45, 2.75) is 6.92 Å². The lowest BCUT2D eigenvalue weighted by Crippen LogP contribution is -2.21. The lowest BCUT2D eigenvalue weighted by Gasteiger charge is -2.10. The van der Waals surface area contributed by atoms with Gasteiger partial charge in [-0.15, -0.1) is 0 Å². The van der Waals surface area contributed by atoms with Gasteiger partial charge in [0, 0.05) is 35.2 Å². The molecule has 0 unspecified atom stereocenters. The summed E-state index contributed by atoms with van der Waals surface area (Å²) in [5.74, 6) is -0.590. The zero-order valence-corrected chi connectivity index (χ0v) is 16.4. The molecule has 152 valence electrons. The third-order valence-electron chi connectivity index (χ3n) is 4.10. The normalized spacial score (nSPS) is 10.0. The Hall–Kier alpha value is -4.13. The Bertz CT molecular complexity index is 1030. The molecule has 0 saturated carbocycles. The van der Waals surface area contributed by atoms with E-state index < -0.39 is 0 Å². The summed E-state index contributed by atoms with van der Waals surface area (Å²) < 4.78 is 0. The van der Waals surface area contributed by atoms with Crippen molar-refractivity contribution in [3.05, 3.63) is 84.4 Å².